The highest BCUT2D eigenvalue weighted by atomic mass is 35.5. The summed E-state index contributed by atoms with van der Waals surface area (Å²) in [5.41, 5.74) is 4.95. The second kappa shape index (κ2) is 11.2. The van der Waals surface area contributed by atoms with Crippen molar-refractivity contribution in [2.24, 2.45) is 0 Å². The van der Waals surface area contributed by atoms with Gasteiger partial charge in [-0.1, -0.05) is 132 Å². The van der Waals surface area contributed by atoms with Gasteiger partial charge in [0.25, 0.3) is 8.32 Å². The van der Waals surface area contributed by atoms with Gasteiger partial charge in [0.05, 0.1) is 17.7 Å². The molecule has 5 rings (SSSR count). The van der Waals surface area contributed by atoms with Crippen LogP contribution >= 0.6 is 11.6 Å². The number of hydrogen-bond acceptors (Lipinski definition) is 3. The first-order valence-electron chi connectivity index (χ1n) is 14.9. The van der Waals surface area contributed by atoms with Crippen molar-refractivity contribution >= 4 is 56.0 Å². The van der Waals surface area contributed by atoms with Crippen molar-refractivity contribution < 1.29 is 13.6 Å². The molecule has 0 aliphatic heterocycles. The molecule has 0 saturated carbocycles. The third-order valence-corrected chi connectivity index (χ3v) is 19.2. The van der Waals surface area contributed by atoms with Gasteiger partial charge < -0.3 is 8.85 Å². The molecule has 0 saturated heterocycles. The number of benzene rings is 3. The Kier molecular flexibility index (Phi) is 8.23. The predicted molar refractivity (Wildman–Crippen MR) is 182 cm³/mol. The maximum atomic E-state index is 12.3. The Hall–Kier alpha value is -2.55. The maximum absolute atomic E-state index is 12.3. The number of hydrogen-bond donors (Lipinski definition) is 0. The third-order valence-electron chi connectivity index (χ3n) is 9.28. The first kappa shape index (κ1) is 30.9. The van der Waals surface area contributed by atoms with Gasteiger partial charge in [0.15, 0.2) is 14.1 Å². The summed E-state index contributed by atoms with van der Waals surface area (Å²) in [4.78, 5) is 12.3. The fourth-order valence-corrected chi connectivity index (χ4v) is 12.3. The Bertz CT molecular complexity index is 1500. The average molecular weight is 615 g/mol. The van der Waals surface area contributed by atoms with E-state index in [1.54, 1.807) is 6.08 Å². The first-order valence-corrected chi connectivity index (χ1v) is 20.1. The molecule has 3 aromatic carbocycles. The highest BCUT2D eigenvalue weighted by Gasteiger charge is 2.51. The first-order chi connectivity index (χ1) is 19.7. The number of rotatable bonds is 8. The summed E-state index contributed by atoms with van der Waals surface area (Å²) in [5.74, 6) is 0.132. The molecule has 3 nitrogen and oxygen atoms in total. The van der Waals surface area contributed by atoms with Gasteiger partial charge in [0.2, 0.25) is 0 Å². The highest BCUT2D eigenvalue weighted by Crippen LogP contribution is 2.48. The van der Waals surface area contributed by atoms with Crippen molar-refractivity contribution in [3.05, 3.63) is 106 Å². The van der Waals surface area contributed by atoms with Gasteiger partial charge in [-0.25, -0.2) is 0 Å². The van der Waals surface area contributed by atoms with Crippen molar-refractivity contribution in [1.29, 1.82) is 0 Å². The van der Waals surface area contributed by atoms with Crippen LogP contribution in [0.4, 0.5) is 0 Å². The second-order valence-corrected chi connectivity index (χ2v) is 23.6. The molecule has 0 radical (unpaired) electrons. The average Bonchev–Trinajstić information content (AvgIpc) is 3.44. The Labute approximate surface area is 258 Å². The zero-order chi connectivity index (χ0) is 30.5. The van der Waals surface area contributed by atoms with Crippen LogP contribution in [-0.2, 0) is 13.6 Å². The topological polar surface area (TPSA) is 35.5 Å². The minimum atomic E-state index is -2.81. The van der Waals surface area contributed by atoms with Crippen molar-refractivity contribution in [3.8, 4) is 0 Å². The van der Waals surface area contributed by atoms with Crippen LogP contribution in [0, 0.1) is 0 Å². The van der Waals surface area contributed by atoms with Crippen LogP contribution in [0.15, 0.2) is 84.4 Å². The molecular formula is C36H43ClO3Si2. The molecule has 6 heteroatoms. The van der Waals surface area contributed by atoms with Gasteiger partial charge in [-0.3, -0.25) is 4.79 Å². The molecular weight excluding hydrogens is 572 g/mol. The van der Waals surface area contributed by atoms with Gasteiger partial charge >= 0.3 is 0 Å². The summed E-state index contributed by atoms with van der Waals surface area (Å²) in [5, 5.41) is 2.97. The second-order valence-electron chi connectivity index (χ2n) is 14.1. The fourth-order valence-electron chi connectivity index (χ4n) is 6.07. The van der Waals surface area contributed by atoms with Gasteiger partial charge in [0.1, 0.15) is 0 Å². The number of carbonyl (C=O) groups excluding carboxylic acids is 1. The Morgan fingerprint density at radius 2 is 1.38 bits per heavy atom. The monoisotopic (exact) mass is 614 g/mol. The number of ketones is 1. The van der Waals surface area contributed by atoms with Crippen LogP contribution in [0.3, 0.4) is 0 Å². The SMILES string of the molecule is CC(C)(C)[Si](C)(C)O[C@@H](CO[Si](c1ccccc1)(c1ccccc1)C(C)(C)C)c1ccc2c(c1Cl)C1=CC(=O)CC1=C2. The Morgan fingerprint density at radius 3 is 1.90 bits per heavy atom. The summed E-state index contributed by atoms with van der Waals surface area (Å²) in [7, 11) is -5.05. The summed E-state index contributed by atoms with van der Waals surface area (Å²) in [6.45, 7) is 18.6. The number of allylic oxidation sites excluding steroid dienone is 3. The van der Waals surface area contributed by atoms with Gasteiger partial charge in [-0.05, 0) is 56.3 Å². The van der Waals surface area contributed by atoms with Gasteiger partial charge in [-0.2, -0.15) is 0 Å². The summed E-state index contributed by atoms with van der Waals surface area (Å²) in [6.07, 6.45) is 3.92. The van der Waals surface area contributed by atoms with Crippen LogP contribution < -0.4 is 10.4 Å². The van der Waals surface area contributed by atoms with Crippen LogP contribution in [0.5, 0.6) is 0 Å². The molecule has 0 unspecified atom stereocenters. The number of carbonyl (C=O) groups is 1. The van der Waals surface area contributed by atoms with E-state index < -0.39 is 16.6 Å². The number of fused-ring (bicyclic) bond motifs is 3. The lowest BCUT2D eigenvalue weighted by Gasteiger charge is -2.45. The molecule has 3 aromatic rings. The lowest BCUT2D eigenvalue weighted by Crippen LogP contribution is -2.67. The molecule has 0 aromatic heterocycles. The van der Waals surface area contributed by atoms with Crippen molar-refractivity contribution in [1.82, 2.24) is 0 Å². The lowest BCUT2D eigenvalue weighted by atomic mass is 9.99. The van der Waals surface area contributed by atoms with Gasteiger partial charge in [-0.15, -0.1) is 0 Å². The van der Waals surface area contributed by atoms with Crippen LogP contribution in [-0.4, -0.2) is 29.0 Å². The van der Waals surface area contributed by atoms with E-state index in [4.69, 9.17) is 20.5 Å². The van der Waals surface area contributed by atoms with Crippen molar-refractivity contribution in [2.75, 3.05) is 6.61 Å². The van der Waals surface area contributed by atoms with E-state index >= 15 is 0 Å². The van der Waals surface area contributed by atoms with Crippen molar-refractivity contribution in [2.45, 2.75) is 77.2 Å². The lowest BCUT2D eigenvalue weighted by molar-refractivity contribution is -0.113. The smallest absolute Gasteiger partial charge is 0.261 e. The molecule has 2 aliphatic carbocycles. The Balaban J connectivity index is 1.63. The van der Waals surface area contributed by atoms with Crippen molar-refractivity contribution in [3.63, 3.8) is 0 Å². The van der Waals surface area contributed by atoms with E-state index in [0.29, 0.717) is 18.1 Å². The molecule has 220 valence electrons. The van der Waals surface area contributed by atoms with Gasteiger partial charge in [0, 0.05) is 17.5 Å². The normalized spacial score (nSPS) is 16.2. The third kappa shape index (κ3) is 5.46. The maximum Gasteiger partial charge on any atom is 0.261 e. The van der Waals surface area contributed by atoms with E-state index in [-0.39, 0.29) is 22.0 Å². The molecule has 2 aliphatic rings. The number of halogens is 1. The van der Waals surface area contributed by atoms with E-state index in [2.05, 4.69) is 134 Å². The summed E-state index contributed by atoms with van der Waals surface area (Å²) < 4.78 is 14.6. The standard InChI is InChI=1S/C36H43ClO3Si2/c1-35(2,3)41(7,8)40-32(30-20-19-25-21-26-22-27(38)23-31(26)33(25)34(30)37)24-39-42(36(4,5)6,28-15-11-9-12-16-28)29-17-13-10-14-18-29/h9-21,23,32H,22,24H2,1-8H3/t32-/m0/s1. The van der Waals surface area contributed by atoms with E-state index in [0.717, 1.165) is 27.8 Å². The largest absolute Gasteiger partial charge is 0.408 e. The molecule has 0 bridgehead atoms. The van der Waals surface area contributed by atoms with E-state index in [1.807, 2.05) is 0 Å². The molecule has 0 fully saturated rings. The molecule has 42 heavy (non-hydrogen) atoms. The quantitative estimate of drug-likeness (QED) is 0.238. The molecule has 0 N–H and O–H groups in total. The molecule has 1 atom stereocenters. The predicted octanol–water partition coefficient (Wildman–Crippen LogP) is 8.73. The van der Waals surface area contributed by atoms with Crippen LogP contribution in [0.1, 0.15) is 70.8 Å². The Morgan fingerprint density at radius 1 is 0.810 bits per heavy atom. The zero-order valence-corrected chi connectivity index (χ0v) is 28.9. The van der Waals surface area contributed by atoms with Crippen LogP contribution in [0.2, 0.25) is 28.2 Å². The molecule has 0 heterocycles. The van der Waals surface area contributed by atoms with Crippen LogP contribution in [0.25, 0.3) is 11.6 Å². The molecule has 0 spiro atoms. The molecule has 0 amide bonds. The fraction of sp³-hybridized carbons (Fsp3) is 0.361. The van der Waals surface area contributed by atoms with E-state index in [1.165, 1.54) is 10.4 Å². The minimum absolute atomic E-state index is 0.000975. The zero-order valence-electron chi connectivity index (χ0n) is 26.2. The highest BCUT2D eigenvalue weighted by molar-refractivity contribution is 6.99. The van der Waals surface area contributed by atoms with E-state index in [9.17, 15) is 4.79 Å². The summed E-state index contributed by atoms with van der Waals surface area (Å²) in [6, 6.07) is 25.7. The summed E-state index contributed by atoms with van der Waals surface area (Å²) >= 11 is 7.29. The minimum Gasteiger partial charge on any atom is -0.408 e.